The molecule has 3 rings (SSSR count). The van der Waals surface area contributed by atoms with Crippen LogP contribution in [0.1, 0.15) is 22.3 Å². The van der Waals surface area contributed by atoms with Gasteiger partial charge in [-0.25, -0.2) is 0 Å². The molecule has 2 atom stereocenters. The lowest BCUT2D eigenvalue weighted by atomic mass is 9.99. The smallest absolute Gasteiger partial charge is 0.254 e. The van der Waals surface area contributed by atoms with Gasteiger partial charge in [0.15, 0.2) is 0 Å². The summed E-state index contributed by atoms with van der Waals surface area (Å²) in [5, 5.41) is 3.36. The second-order valence-corrected chi connectivity index (χ2v) is 5.33. The number of fused-ring (bicyclic) bond motifs is 1. The van der Waals surface area contributed by atoms with Crippen LogP contribution in [0, 0.1) is 6.92 Å². The number of carbonyl (C=O) groups is 1. The van der Waals surface area contributed by atoms with Gasteiger partial charge in [0.2, 0.25) is 0 Å². The van der Waals surface area contributed by atoms with Gasteiger partial charge < -0.3 is 15.0 Å². The quantitative estimate of drug-likeness (QED) is 0.825. The van der Waals surface area contributed by atoms with Gasteiger partial charge in [0.1, 0.15) is 0 Å². The Morgan fingerprint density at radius 3 is 2.95 bits per heavy atom. The van der Waals surface area contributed by atoms with Crippen LogP contribution in [-0.4, -0.2) is 49.2 Å². The van der Waals surface area contributed by atoms with E-state index in [0.29, 0.717) is 13.2 Å². The minimum Gasteiger partial charge on any atom is -0.374 e. The van der Waals surface area contributed by atoms with E-state index in [4.69, 9.17) is 4.74 Å². The number of piperidine rings is 1. The molecule has 1 aromatic rings. The number of hydrogen-bond donors (Lipinski definition) is 1. The van der Waals surface area contributed by atoms with Crippen molar-refractivity contribution in [2.24, 2.45) is 0 Å². The molecule has 2 saturated heterocycles. The lowest BCUT2D eigenvalue weighted by Gasteiger charge is -2.44. The first-order valence-electron chi connectivity index (χ1n) is 6.95. The fraction of sp³-hybridized carbons (Fsp3) is 0.533. The van der Waals surface area contributed by atoms with Crippen LogP contribution in [0.3, 0.4) is 0 Å². The third-order valence-electron chi connectivity index (χ3n) is 4.01. The van der Waals surface area contributed by atoms with E-state index in [-0.39, 0.29) is 18.1 Å². The monoisotopic (exact) mass is 260 g/mol. The molecule has 2 heterocycles. The van der Waals surface area contributed by atoms with Crippen LogP contribution in [-0.2, 0) is 4.74 Å². The first-order valence-corrected chi connectivity index (χ1v) is 6.95. The van der Waals surface area contributed by atoms with Crippen molar-refractivity contribution >= 4 is 5.91 Å². The Morgan fingerprint density at radius 2 is 2.16 bits per heavy atom. The zero-order chi connectivity index (χ0) is 13.2. The largest absolute Gasteiger partial charge is 0.374 e. The number of aryl methyl sites for hydroxylation is 1. The van der Waals surface area contributed by atoms with Gasteiger partial charge in [-0.2, -0.15) is 0 Å². The molecule has 0 radical (unpaired) electrons. The molecule has 19 heavy (non-hydrogen) atoms. The highest BCUT2D eigenvalue weighted by atomic mass is 16.5. The maximum Gasteiger partial charge on any atom is 0.254 e. The maximum absolute atomic E-state index is 12.6. The van der Waals surface area contributed by atoms with E-state index in [1.807, 2.05) is 36.1 Å². The number of hydrogen-bond acceptors (Lipinski definition) is 3. The second kappa shape index (κ2) is 5.31. The molecule has 0 saturated carbocycles. The molecule has 102 valence electrons. The molecule has 0 spiro atoms. The van der Waals surface area contributed by atoms with Crippen LogP contribution in [0.15, 0.2) is 24.3 Å². The van der Waals surface area contributed by atoms with Crippen molar-refractivity contribution < 1.29 is 9.53 Å². The van der Waals surface area contributed by atoms with Crippen molar-refractivity contribution in [3.05, 3.63) is 35.4 Å². The fourth-order valence-electron chi connectivity index (χ4n) is 2.91. The lowest BCUT2D eigenvalue weighted by Crippen LogP contribution is -2.60. The van der Waals surface area contributed by atoms with E-state index in [9.17, 15) is 4.79 Å². The Bertz CT molecular complexity index is 456. The minimum absolute atomic E-state index is 0.127. The van der Waals surface area contributed by atoms with Crippen LogP contribution in [0.5, 0.6) is 0 Å². The summed E-state index contributed by atoms with van der Waals surface area (Å²) in [4.78, 5) is 14.6. The van der Waals surface area contributed by atoms with Crippen LogP contribution >= 0.6 is 0 Å². The molecule has 2 aliphatic heterocycles. The summed E-state index contributed by atoms with van der Waals surface area (Å²) >= 11 is 0. The molecule has 2 fully saturated rings. The van der Waals surface area contributed by atoms with E-state index < -0.39 is 0 Å². The van der Waals surface area contributed by atoms with Gasteiger partial charge in [0.05, 0.1) is 18.8 Å². The molecule has 4 heteroatoms. The van der Waals surface area contributed by atoms with Crippen molar-refractivity contribution in [1.82, 2.24) is 10.2 Å². The molecule has 0 aliphatic carbocycles. The maximum atomic E-state index is 12.6. The van der Waals surface area contributed by atoms with E-state index >= 15 is 0 Å². The van der Waals surface area contributed by atoms with Gasteiger partial charge in [-0.3, -0.25) is 4.79 Å². The number of morpholine rings is 1. The average Bonchev–Trinajstić information content (AvgIpc) is 2.47. The summed E-state index contributed by atoms with van der Waals surface area (Å²) in [5.41, 5.74) is 1.95. The molecule has 2 unspecified atom stereocenters. The first kappa shape index (κ1) is 12.6. The Balaban J connectivity index is 1.79. The Kier molecular flexibility index (Phi) is 3.53. The van der Waals surface area contributed by atoms with E-state index in [1.54, 1.807) is 0 Å². The van der Waals surface area contributed by atoms with E-state index in [1.165, 1.54) is 5.56 Å². The minimum atomic E-state index is 0.127. The number of ether oxygens (including phenoxy) is 1. The molecule has 1 amide bonds. The van der Waals surface area contributed by atoms with Crippen LogP contribution in [0.2, 0.25) is 0 Å². The topological polar surface area (TPSA) is 41.6 Å². The summed E-state index contributed by atoms with van der Waals surface area (Å²) in [6, 6.07) is 7.99. The van der Waals surface area contributed by atoms with Gasteiger partial charge in [-0.05, 0) is 32.0 Å². The molecule has 2 aliphatic rings. The lowest BCUT2D eigenvalue weighted by molar-refractivity contribution is -0.0699. The van der Waals surface area contributed by atoms with Crippen molar-refractivity contribution in [2.75, 3.05) is 26.2 Å². The molecule has 1 aromatic carbocycles. The molecular weight excluding hydrogens is 240 g/mol. The Labute approximate surface area is 113 Å². The number of benzene rings is 1. The SMILES string of the molecule is Cc1ccc(C(=O)N2CCOC3CCNCC32)cc1. The average molecular weight is 260 g/mol. The predicted octanol–water partition coefficient (Wildman–Crippen LogP) is 1.20. The summed E-state index contributed by atoms with van der Waals surface area (Å²) in [5.74, 6) is 0.127. The van der Waals surface area contributed by atoms with E-state index in [0.717, 1.165) is 25.1 Å². The third-order valence-corrected chi connectivity index (χ3v) is 4.01. The standard InChI is InChI=1S/C15H20N2O2/c1-11-2-4-12(5-3-11)15(18)17-8-9-19-14-6-7-16-10-13(14)17/h2-5,13-14,16H,6-10H2,1H3. The van der Waals surface area contributed by atoms with Gasteiger partial charge in [0, 0.05) is 18.7 Å². The highest BCUT2D eigenvalue weighted by molar-refractivity contribution is 5.94. The van der Waals surface area contributed by atoms with Crippen molar-refractivity contribution in [2.45, 2.75) is 25.5 Å². The number of rotatable bonds is 1. The summed E-state index contributed by atoms with van der Waals surface area (Å²) < 4.78 is 5.78. The van der Waals surface area contributed by atoms with Gasteiger partial charge in [0.25, 0.3) is 5.91 Å². The highest BCUT2D eigenvalue weighted by Crippen LogP contribution is 2.21. The van der Waals surface area contributed by atoms with Crippen LogP contribution in [0.25, 0.3) is 0 Å². The molecular formula is C15H20N2O2. The first-order chi connectivity index (χ1) is 9.25. The number of carbonyl (C=O) groups excluding carboxylic acids is 1. The van der Waals surface area contributed by atoms with E-state index in [2.05, 4.69) is 5.32 Å². The zero-order valence-corrected chi connectivity index (χ0v) is 11.3. The Hall–Kier alpha value is -1.39. The number of nitrogens with zero attached hydrogens (tertiary/aromatic N) is 1. The summed E-state index contributed by atoms with van der Waals surface area (Å²) in [6.45, 7) is 5.19. The van der Waals surface area contributed by atoms with Gasteiger partial charge >= 0.3 is 0 Å². The predicted molar refractivity (Wildman–Crippen MR) is 73.2 cm³/mol. The number of amides is 1. The van der Waals surface area contributed by atoms with Crippen molar-refractivity contribution in [3.8, 4) is 0 Å². The molecule has 0 aromatic heterocycles. The molecule has 1 N–H and O–H groups in total. The normalized spacial score (nSPS) is 26.9. The van der Waals surface area contributed by atoms with Gasteiger partial charge in [-0.15, -0.1) is 0 Å². The van der Waals surface area contributed by atoms with Crippen LogP contribution < -0.4 is 5.32 Å². The molecule has 0 bridgehead atoms. The van der Waals surface area contributed by atoms with Crippen LogP contribution in [0.4, 0.5) is 0 Å². The second-order valence-electron chi connectivity index (χ2n) is 5.33. The fourth-order valence-corrected chi connectivity index (χ4v) is 2.91. The number of nitrogens with one attached hydrogen (secondary N) is 1. The molecule has 4 nitrogen and oxygen atoms in total. The van der Waals surface area contributed by atoms with Crippen molar-refractivity contribution in [3.63, 3.8) is 0 Å². The third kappa shape index (κ3) is 2.51. The Morgan fingerprint density at radius 1 is 1.37 bits per heavy atom. The van der Waals surface area contributed by atoms with Gasteiger partial charge in [-0.1, -0.05) is 17.7 Å². The van der Waals surface area contributed by atoms with Crippen molar-refractivity contribution in [1.29, 1.82) is 0 Å². The summed E-state index contributed by atoms with van der Waals surface area (Å²) in [6.07, 6.45) is 1.19. The summed E-state index contributed by atoms with van der Waals surface area (Å²) in [7, 11) is 0. The highest BCUT2D eigenvalue weighted by Gasteiger charge is 2.36. The zero-order valence-electron chi connectivity index (χ0n) is 11.3.